The predicted molar refractivity (Wildman–Crippen MR) is 166 cm³/mol. The van der Waals surface area contributed by atoms with Gasteiger partial charge in [0.2, 0.25) is 0 Å². The number of allylic oxidation sites excluding steroid dienone is 1. The molecule has 1 saturated carbocycles. The number of unbranched alkanes of at least 4 members (excludes halogenated alkanes) is 3. The molecule has 8 nitrogen and oxygen atoms in total. The van der Waals surface area contributed by atoms with Gasteiger partial charge in [-0.3, -0.25) is 0 Å². The van der Waals surface area contributed by atoms with Crippen LogP contribution in [-0.2, 0) is 14.3 Å². The largest absolute Gasteiger partial charge is 0.523 e. The van der Waals surface area contributed by atoms with E-state index >= 15 is 0 Å². The number of hydrogen-bond acceptors (Lipinski definition) is 6. The quantitative estimate of drug-likeness (QED) is 0.153. The summed E-state index contributed by atoms with van der Waals surface area (Å²) >= 11 is 3.69. The van der Waals surface area contributed by atoms with Gasteiger partial charge in [-0.1, -0.05) is 55.7 Å². The molecule has 2 aliphatic rings. The van der Waals surface area contributed by atoms with Gasteiger partial charge < -0.3 is 19.5 Å². The minimum absolute atomic E-state index is 0.0761. The fraction of sp³-hybridized carbons (Fsp3) is 0.545. The monoisotopic (exact) mass is 643 g/mol. The molecule has 0 aromatic heterocycles. The number of fused-ring (bicyclic) bond motifs is 1. The normalized spacial score (nSPS) is 23.2. The number of halogens is 1. The number of nitrogens with zero attached hydrogens (tertiary/aromatic N) is 1. The SMILES string of the molecule is C=CCCCCCOC(=O)N[C@H](C(=O)[N+]1(C(=O)OC)C[C@H](Oc2ccc3ccccc3c2Br)C[C@H]1C)C1CCCCC1. The van der Waals surface area contributed by atoms with Crippen LogP contribution in [0.25, 0.3) is 10.8 Å². The van der Waals surface area contributed by atoms with E-state index in [0.717, 1.165) is 73.0 Å². The number of hydrogen-bond donors (Lipinski definition) is 1. The molecule has 9 heteroatoms. The van der Waals surface area contributed by atoms with Crippen LogP contribution in [0.1, 0.15) is 71.1 Å². The summed E-state index contributed by atoms with van der Waals surface area (Å²) in [4.78, 5) is 41.0. The lowest BCUT2D eigenvalue weighted by Crippen LogP contribution is -2.66. The average Bonchev–Trinajstić information content (AvgIpc) is 3.35. The van der Waals surface area contributed by atoms with Crippen LogP contribution in [0.3, 0.4) is 0 Å². The van der Waals surface area contributed by atoms with Gasteiger partial charge in [-0.25, -0.2) is 9.59 Å². The van der Waals surface area contributed by atoms with Gasteiger partial charge >= 0.3 is 18.1 Å². The van der Waals surface area contributed by atoms with Gasteiger partial charge in [-0.15, -0.1) is 6.58 Å². The lowest BCUT2D eigenvalue weighted by Gasteiger charge is -2.37. The molecule has 4 rings (SSSR count). The fourth-order valence-corrected chi connectivity index (χ4v) is 7.10. The van der Waals surface area contributed by atoms with E-state index in [9.17, 15) is 14.4 Å². The Bertz CT molecular complexity index is 1260. The van der Waals surface area contributed by atoms with Gasteiger partial charge in [0.1, 0.15) is 18.3 Å². The third-order valence-corrected chi connectivity index (χ3v) is 9.63. The smallest absolute Gasteiger partial charge is 0.483 e. The summed E-state index contributed by atoms with van der Waals surface area (Å²) in [5.41, 5.74) is 0. The average molecular weight is 645 g/mol. The van der Waals surface area contributed by atoms with E-state index < -0.39 is 34.9 Å². The Morgan fingerprint density at radius 2 is 1.86 bits per heavy atom. The van der Waals surface area contributed by atoms with E-state index in [4.69, 9.17) is 14.2 Å². The van der Waals surface area contributed by atoms with Crippen molar-refractivity contribution >= 4 is 44.8 Å². The molecule has 1 saturated heterocycles. The second-order valence-electron chi connectivity index (χ2n) is 11.6. The van der Waals surface area contributed by atoms with Crippen LogP contribution in [-0.4, -0.2) is 61.0 Å². The van der Waals surface area contributed by atoms with Crippen LogP contribution in [0, 0.1) is 5.92 Å². The van der Waals surface area contributed by atoms with E-state index in [2.05, 4.69) is 27.8 Å². The van der Waals surface area contributed by atoms with Gasteiger partial charge in [0, 0.05) is 6.42 Å². The summed E-state index contributed by atoms with van der Waals surface area (Å²) in [5, 5.41) is 4.99. The summed E-state index contributed by atoms with van der Waals surface area (Å²) in [5.74, 6) is 0.225. The zero-order valence-corrected chi connectivity index (χ0v) is 26.4. The van der Waals surface area contributed by atoms with E-state index in [1.807, 2.05) is 49.4 Å². The highest BCUT2D eigenvalue weighted by Gasteiger charge is 2.61. The predicted octanol–water partition coefficient (Wildman–Crippen LogP) is 7.67. The molecule has 0 spiro atoms. The van der Waals surface area contributed by atoms with Crippen molar-refractivity contribution in [3.8, 4) is 5.75 Å². The first-order valence-electron chi connectivity index (χ1n) is 15.2. The van der Waals surface area contributed by atoms with E-state index in [-0.39, 0.29) is 25.0 Å². The molecule has 2 fully saturated rings. The molecule has 4 atom stereocenters. The maximum atomic E-state index is 14.5. The van der Waals surface area contributed by atoms with E-state index in [0.29, 0.717) is 12.2 Å². The number of imide groups is 1. The van der Waals surface area contributed by atoms with E-state index in [1.165, 1.54) is 7.11 Å². The number of ether oxygens (including phenoxy) is 3. The third-order valence-electron chi connectivity index (χ3n) is 8.81. The Hall–Kier alpha value is -2.91. The van der Waals surface area contributed by atoms with Gasteiger partial charge in [0.25, 0.3) is 0 Å². The third kappa shape index (κ3) is 7.17. The molecule has 3 amide bonds. The molecule has 1 aliphatic heterocycles. The fourth-order valence-electron chi connectivity index (χ4n) is 6.52. The summed E-state index contributed by atoms with van der Waals surface area (Å²) in [7, 11) is 1.31. The van der Waals surface area contributed by atoms with Crippen molar-refractivity contribution in [3.05, 3.63) is 53.5 Å². The zero-order valence-electron chi connectivity index (χ0n) is 24.8. The van der Waals surface area contributed by atoms with E-state index in [1.54, 1.807) is 0 Å². The van der Waals surface area contributed by atoms with Crippen molar-refractivity contribution in [2.75, 3.05) is 20.3 Å². The first-order valence-corrected chi connectivity index (χ1v) is 16.0. The molecular weight excluding hydrogens is 600 g/mol. The molecule has 1 N–H and O–H groups in total. The van der Waals surface area contributed by atoms with Crippen molar-refractivity contribution < 1.29 is 33.1 Å². The Morgan fingerprint density at radius 1 is 1.10 bits per heavy atom. The minimum Gasteiger partial charge on any atom is -0.483 e. The second kappa shape index (κ2) is 15.0. The molecule has 1 heterocycles. The van der Waals surface area contributed by atoms with Crippen LogP contribution in [0.15, 0.2) is 53.5 Å². The molecule has 1 aliphatic carbocycles. The molecule has 42 heavy (non-hydrogen) atoms. The number of amides is 3. The summed E-state index contributed by atoms with van der Waals surface area (Å²) in [6, 6.07) is 10.7. The number of likely N-dealkylation sites (tertiary alicyclic amines) is 1. The molecule has 0 bridgehead atoms. The van der Waals surface area contributed by atoms with Gasteiger partial charge in [-0.05, 0) is 84.1 Å². The topological polar surface area (TPSA) is 90.9 Å². The molecule has 2 aromatic carbocycles. The number of nitrogens with one attached hydrogen (secondary N) is 1. The Morgan fingerprint density at radius 3 is 2.60 bits per heavy atom. The second-order valence-corrected chi connectivity index (χ2v) is 12.4. The highest BCUT2D eigenvalue weighted by molar-refractivity contribution is 9.10. The van der Waals surface area contributed by atoms with Crippen LogP contribution in [0.4, 0.5) is 9.59 Å². The highest BCUT2D eigenvalue weighted by atomic mass is 79.9. The molecule has 2 aromatic rings. The van der Waals surface area contributed by atoms with Crippen molar-refractivity contribution in [1.29, 1.82) is 0 Å². The van der Waals surface area contributed by atoms with Crippen molar-refractivity contribution in [1.82, 2.24) is 5.32 Å². The molecule has 228 valence electrons. The number of carbonyl (C=O) groups is 3. The molecule has 1 unspecified atom stereocenters. The van der Waals surface area contributed by atoms with Crippen molar-refractivity contribution in [2.24, 2.45) is 5.92 Å². The first kappa shape index (κ1) is 32.0. The summed E-state index contributed by atoms with van der Waals surface area (Å²) in [6.45, 7) is 6.01. The van der Waals surface area contributed by atoms with Crippen molar-refractivity contribution in [3.63, 3.8) is 0 Å². The van der Waals surface area contributed by atoms with Crippen LogP contribution in [0.2, 0.25) is 0 Å². The van der Waals surface area contributed by atoms with Crippen LogP contribution < -0.4 is 10.1 Å². The Kier molecular flexibility index (Phi) is 11.4. The van der Waals surface area contributed by atoms with Gasteiger partial charge in [0.15, 0.2) is 12.1 Å². The maximum Gasteiger partial charge on any atom is 0.523 e. The lowest BCUT2D eigenvalue weighted by atomic mass is 9.83. The van der Waals surface area contributed by atoms with Crippen molar-refractivity contribution in [2.45, 2.75) is 89.3 Å². The van der Waals surface area contributed by atoms with Gasteiger partial charge in [0.05, 0.1) is 18.2 Å². The lowest BCUT2D eigenvalue weighted by molar-refractivity contribution is -0.794. The number of quaternary nitrogens is 1. The Balaban J connectivity index is 1.54. The summed E-state index contributed by atoms with van der Waals surface area (Å²) < 4.78 is 17.5. The summed E-state index contributed by atoms with van der Waals surface area (Å²) in [6.07, 6.45) is 8.95. The Labute approximate surface area is 257 Å². The van der Waals surface area contributed by atoms with Crippen LogP contribution in [0.5, 0.6) is 5.75 Å². The van der Waals surface area contributed by atoms with Gasteiger partial charge in [-0.2, -0.15) is 9.28 Å². The first-order chi connectivity index (χ1) is 20.3. The number of methoxy groups -OCH3 is 1. The molecule has 0 radical (unpaired) electrons. The minimum atomic E-state index is -0.855. The number of carbonyl (C=O) groups excluding carboxylic acids is 3. The maximum absolute atomic E-state index is 14.5. The number of benzene rings is 2. The van der Waals surface area contributed by atoms with Crippen LogP contribution >= 0.6 is 15.9 Å². The number of rotatable bonds is 11. The molecular formula is C33H44BrN2O6+. The highest BCUT2D eigenvalue weighted by Crippen LogP contribution is 2.39. The standard InChI is InChI=1S/C33H43BrN2O6/c1-4-5-6-7-13-20-41-32(38)35-30(25-15-9-8-10-16-25)31(37)36(33(39)40-3)22-26(21-23(36)2)42-28-19-18-24-14-11-12-17-27(24)29(28)34/h4,11-12,14,17-19,23,25-26,30H,1,5-10,13,15-16,20-22H2,2-3H3/p+1/t23-,26-,30+,36?/m1/s1. The number of alkyl carbamates (subject to hydrolysis) is 1. The zero-order chi connectivity index (χ0) is 30.1.